The lowest BCUT2D eigenvalue weighted by atomic mass is 10.0. The Morgan fingerprint density at radius 3 is 2.48 bits per heavy atom. The summed E-state index contributed by atoms with van der Waals surface area (Å²) >= 11 is 12.2. The zero-order chi connectivity index (χ0) is 23.5. The van der Waals surface area contributed by atoms with Crippen molar-refractivity contribution in [1.82, 2.24) is 4.98 Å². The van der Waals surface area contributed by atoms with Crippen LogP contribution in [0.2, 0.25) is 10.0 Å². The van der Waals surface area contributed by atoms with Crippen molar-refractivity contribution >= 4 is 44.8 Å². The summed E-state index contributed by atoms with van der Waals surface area (Å²) in [6.45, 7) is 3.71. The van der Waals surface area contributed by atoms with Gasteiger partial charge in [0.25, 0.3) is 0 Å². The predicted molar refractivity (Wildman–Crippen MR) is 116 cm³/mol. The molecule has 0 aliphatic rings. The van der Waals surface area contributed by atoms with Gasteiger partial charge in [0, 0.05) is 11.8 Å². The quantitative estimate of drug-likeness (QED) is 0.436. The van der Waals surface area contributed by atoms with Crippen LogP contribution in [0.25, 0.3) is 0 Å². The number of nitrogens with one attached hydrogen (secondary N) is 1. The van der Waals surface area contributed by atoms with E-state index < -0.39 is 38.6 Å². The zero-order valence-electron chi connectivity index (χ0n) is 16.8. The normalized spacial score (nSPS) is 12.6. The molecule has 8 nitrogen and oxygen atoms in total. The summed E-state index contributed by atoms with van der Waals surface area (Å²) in [6, 6.07) is 2.94. The number of phenols is 1. The molecule has 1 unspecified atom stereocenters. The molecule has 12 heteroatoms. The number of nitrogens with zero attached hydrogens (tertiary/aromatic N) is 1. The average molecular weight is 495 g/mol. The molecule has 0 aliphatic carbocycles. The van der Waals surface area contributed by atoms with Gasteiger partial charge in [-0.05, 0) is 30.5 Å². The summed E-state index contributed by atoms with van der Waals surface area (Å²) in [7, 11) is -3.43. The molecule has 0 bridgehead atoms. The third kappa shape index (κ3) is 6.59. The Balaban J connectivity index is 2.41. The van der Waals surface area contributed by atoms with Crippen LogP contribution in [0.15, 0.2) is 18.2 Å². The number of benzene rings is 1. The highest BCUT2D eigenvalue weighted by Crippen LogP contribution is 2.42. The van der Waals surface area contributed by atoms with Crippen LogP contribution < -0.4 is 10.1 Å². The highest BCUT2D eigenvalue weighted by atomic mass is 35.5. The van der Waals surface area contributed by atoms with E-state index in [-0.39, 0.29) is 40.4 Å². The van der Waals surface area contributed by atoms with Crippen molar-refractivity contribution in [1.29, 1.82) is 0 Å². The van der Waals surface area contributed by atoms with Crippen LogP contribution in [0, 0.1) is 5.95 Å². The first-order valence-electron chi connectivity index (χ1n) is 9.02. The van der Waals surface area contributed by atoms with E-state index >= 15 is 0 Å². The molecule has 0 radical (unpaired) electrons. The molecule has 0 aliphatic heterocycles. The number of aromatic nitrogens is 1. The highest BCUT2D eigenvalue weighted by Gasteiger charge is 2.25. The molecule has 2 aromatic rings. The Bertz CT molecular complexity index is 1100. The Kier molecular flexibility index (Phi) is 7.96. The monoisotopic (exact) mass is 494 g/mol. The van der Waals surface area contributed by atoms with E-state index in [4.69, 9.17) is 27.9 Å². The number of phenolic OH excluding ortho intramolecular Hbond substituents is 1. The number of halogens is 3. The molecule has 1 aromatic carbocycles. The first-order chi connectivity index (χ1) is 14.3. The van der Waals surface area contributed by atoms with Gasteiger partial charge in [0.1, 0.15) is 37.4 Å². The lowest BCUT2D eigenvalue weighted by Crippen LogP contribution is -2.32. The third-order valence-corrected chi connectivity index (χ3v) is 5.88. The number of aromatic hydroxyl groups is 1. The fourth-order valence-electron chi connectivity index (χ4n) is 2.61. The summed E-state index contributed by atoms with van der Waals surface area (Å²) in [4.78, 5) is 15.0. The molecule has 2 rings (SSSR count). The number of rotatable bonds is 9. The number of hydrogen-bond acceptors (Lipinski definition) is 7. The summed E-state index contributed by atoms with van der Waals surface area (Å²) < 4.78 is 42.7. The lowest BCUT2D eigenvalue weighted by Gasteiger charge is -2.18. The van der Waals surface area contributed by atoms with E-state index in [0.717, 1.165) is 6.26 Å². The summed E-state index contributed by atoms with van der Waals surface area (Å²) in [5.74, 6) is -3.43. The largest absolute Gasteiger partial charge is 0.508 e. The van der Waals surface area contributed by atoms with Crippen molar-refractivity contribution in [3.05, 3.63) is 39.8 Å². The van der Waals surface area contributed by atoms with E-state index in [1.807, 2.05) is 13.8 Å². The number of ether oxygens (including phenoxy) is 1. The fraction of sp³-hybridized carbons (Fsp3) is 0.368. The second kappa shape index (κ2) is 9.88. The SMILES string of the molecule is CC(C)c1cc(Oc2c(Cl)c(F)nc(NC(CCS(C)(=O)=O)C(=O)O)c2Cl)ccc1O. The Morgan fingerprint density at radius 2 is 1.94 bits per heavy atom. The standard InChI is InChI=1S/C19H21Cl2FN2O6S/c1-9(2)11-8-10(4-5-13(11)25)30-16-14(20)17(22)24-18(15(16)21)23-12(19(26)27)6-7-31(3,28)29/h4-5,8-9,12,25H,6-7H2,1-3H3,(H,23,24)(H,26,27). The Labute approximate surface area is 188 Å². The number of pyridine rings is 1. The van der Waals surface area contributed by atoms with Gasteiger partial charge in [-0.3, -0.25) is 0 Å². The summed E-state index contributed by atoms with van der Waals surface area (Å²) in [5, 5.41) is 20.9. The molecule has 3 N–H and O–H groups in total. The molecule has 0 saturated carbocycles. The topological polar surface area (TPSA) is 126 Å². The van der Waals surface area contributed by atoms with E-state index in [9.17, 15) is 27.8 Å². The number of carboxylic acid groups (broad SMARTS) is 1. The molecular weight excluding hydrogens is 474 g/mol. The van der Waals surface area contributed by atoms with E-state index in [1.54, 1.807) is 0 Å². The zero-order valence-corrected chi connectivity index (χ0v) is 19.1. The number of aliphatic carboxylic acids is 1. The van der Waals surface area contributed by atoms with Gasteiger partial charge in [0.2, 0.25) is 5.95 Å². The molecular formula is C19H21Cl2FN2O6S. The molecule has 1 aromatic heterocycles. The van der Waals surface area contributed by atoms with Crippen LogP contribution in [-0.2, 0) is 14.6 Å². The first kappa shape index (κ1) is 25.0. The third-order valence-electron chi connectivity index (χ3n) is 4.22. The molecule has 0 amide bonds. The van der Waals surface area contributed by atoms with Crippen LogP contribution >= 0.6 is 23.2 Å². The molecule has 31 heavy (non-hydrogen) atoms. The molecule has 170 valence electrons. The second-order valence-electron chi connectivity index (χ2n) is 7.14. The van der Waals surface area contributed by atoms with E-state index in [1.165, 1.54) is 18.2 Å². The molecule has 0 fully saturated rings. The number of carboxylic acids is 1. The minimum atomic E-state index is -3.43. The van der Waals surface area contributed by atoms with Crippen molar-refractivity contribution in [3.63, 3.8) is 0 Å². The maximum Gasteiger partial charge on any atom is 0.326 e. The Morgan fingerprint density at radius 1 is 1.29 bits per heavy atom. The maximum atomic E-state index is 14.3. The van der Waals surface area contributed by atoms with Crippen molar-refractivity contribution in [2.75, 3.05) is 17.3 Å². The van der Waals surface area contributed by atoms with E-state index in [2.05, 4.69) is 10.3 Å². The van der Waals surface area contributed by atoms with Gasteiger partial charge in [0.15, 0.2) is 11.6 Å². The van der Waals surface area contributed by atoms with Gasteiger partial charge in [-0.2, -0.15) is 9.37 Å². The van der Waals surface area contributed by atoms with Crippen LogP contribution in [-0.4, -0.2) is 47.6 Å². The van der Waals surface area contributed by atoms with Gasteiger partial charge in [-0.25, -0.2) is 13.2 Å². The van der Waals surface area contributed by atoms with Crippen molar-refractivity contribution in [2.45, 2.75) is 32.2 Å². The average Bonchev–Trinajstić information content (AvgIpc) is 2.66. The van der Waals surface area contributed by atoms with Crippen LogP contribution in [0.5, 0.6) is 17.2 Å². The summed E-state index contributed by atoms with van der Waals surface area (Å²) in [5.41, 5.74) is 0.573. The highest BCUT2D eigenvalue weighted by molar-refractivity contribution is 7.90. The van der Waals surface area contributed by atoms with Gasteiger partial charge in [-0.15, -0.1) is 0 Å². The van der Waals surface area contributed by atoms with E-state index in [0.29, 0.717) is 5.56 Å². The minimum Gasteiger partial charge on any atom is -0.508 e. The van der Waals surface area contributed by atoms with Crippen LogP contribution in [0.4, 0.5) is 10.2 Å². The molecule has 1 atom stereocenters. The Hall–Kier alpha value is -2.30. The smallest absolute Gasteiger partial charge is 0.326 e. The molecule has 0 saturated heterocycles. The van der Waals surface area contributed by atoms with Crippen molar-refractivity contribution in [3.8, 4) is 17.2 Å². The van der Waals surface area contributed by atoms with Gasteiger partial charge in [-0.1, -0.05) is 37.0 Å². The van der Waals surface area contributed by atoms with Crippen molar-refractivity contribution < 1.29 is 32.6 Å². The van der Waals surface area contributed by atoms with Gasteiger partial charge < -0.3 is 20.3 Å². The minimum absolute atomic E-state index is 0.0351. The maximum absolute atomic E-state index is 14.3. The second-order valence-corrected chi connectivity index (χ2v) is 10.2. The summed E-state index contributed by atoms with van der Waals surface area (Å²) in [6.07, 6.45) is 0.663. The predicted octanol–water partition coefficient (Wildman–Crippen LogP) is 4.45. The molecule has 1 heterocycles. The number of anilines is 1. The lowest BCUT2D eigenvalue weighted by molar-refractivity contribution is -0.137. The number of hydrogen-bond donors (Lipinski definition) is 3. The number of carbonyl (C=O) groups is 1. The first-order valence-corrected chi connectivity index (χ1v) is 11.8. The van der Waals surface area contributed by atoms with Gasteiger partial charge in [0.05, 0.1) is 5.75 Å². The van der Waals surface area contributed by atoms with Crippen LogP contribution in [0.3, 0.4) is 0 Å². The molecule has 0 spiro atoms. The van der Waals surface area contributed by atoms with Crippen molar-refractivity contribution in [2.24, 2.45) is 0 Å². The number of sulfone groups is 1. The van der Waals surface area contributed by atoms with Gasteiger partial charge >= 0.3 is 5.97 Å². The fourth-order valence-corrected chi connectivity index (χ4v) is 3.73. The van der Waals surface area contributed by atoms with Crippen LogP contribution in [0.1, 0.15) is 31.7 Å².